The number of hydrogen-bond acceptors (Lipinski definition) is 3. The van der Waals surface area contributed by atoms with E-state index in [-0.39, 0.29) is 12.6 Å². The molecule has 5 heteroatoms. The number of rotatable bonds is 7. The monoisotopic (exact) mass is 353 g/mol. The third-order valence-corrected chi connectivity index (χ3v) is 4.41. The van der Waals surface area contributed by atoms with E-state index in [0.717, 1.165) is 11.1 Å². The maximum absolute atomic E-state index is 10.9. The molecule has 2 rings (SSSR count). The number of aliphatic hydroxyl groups excluding tert-OH is 2. The predicted molar refractivity (Wildman–Crippen MR) is 94.9 cm³/mol. The van der Waals surface area contributed by atoms with Crippen LogP contribution < -0.4 is 0 Å². The van der Waals surface area contributed by atoms with Crippen molar-refractivity contribution in [1.29, 1.82) is 0 Å². The highest BCUT2D eigenvalue weighted by Gasteiger charge is 2.27. The quantitative estimate of drug-likeness (QED) is 0.787. The highest BCUT2D eigenvalue weighted by atomic mass is 35.5. The van der Waals surface area contributed by atoms with Gasteiger partial charge >= 0.3 is 0 Å². The Morgan fingerprint density at radius 3 is 1.83 bits per heavy atom. The van der Waals surface area contributed by atoms with Gasteiger partial charge in [0.1, 0.15) is 0 Å². The molecule has 0 saturated carbocycles. The van der Waals surface area contributed by atoms with E-state index in [1.54, 1.807) is 12.1 Å². The molecule has 0 spiro atoms. The Balaban J connectivity index is 2.38. The zero-order valence-electron chi connectivity index (χ0n) is 13.0. The van der Waals surface area contributed by atoms with Crippen LogP contribution in [0.25, 0.3) is 0 Å². The maximum atomic E-state index is 10.9. The van der Waals surface area contributed by atoms with Gasteiger partial charge in [0.15, 0.2) is 0 Å². The zero-order chi connectivity index (χ0) is 16.8. The SMILES string of the molecule is CCN(CCO)C(c1ccc(Cl)cc1)C(O)c1ccc(Cl)cc1. The Bertz CT molecular complexity index is 601. The van der Waals surface area contributed by atoms with Gasteiger partial charge in [-0.2, -0.15) is 0 Å². The Morgan fingerprint density at radius 1 is 0.913 bits per heavy atom. The first-order valence-corrected chi connectivity index (χ1v) is 8.36. The number of likely N-dealkylation sites (N-methyl/N-ethyl adjacent to an activating group) is 1. The first-order valence-electron chi connectivity index (χ1n) is 7.60. The van der Waals surface area contributed by atoms with Crippen LogP contribution in [-0.4, -0.2) is 34.8 Å². The molecule has 0 fully saturated rings. The van der Waals surface area contributed by atoms with Crippen LogP contribution in [0.2, 0.25) is 10.0 Å². The van der Waals surface area contributed by atoms with Gasteiger partial charge < -0.3 is 10.2 Å². The molecule has 0 radical (unpaired) electrons. The van der Waals surface area contributed by atoms with E-state index in [1.165, 1.54) is 0 Å². The van der Waals surface area contributed by atoms with Crippen molar-refractivity contribution in [2.75, 3.05) is 19.7 Å². The van der Waals surface area contributed by atoms with Crippen molar-refractivity contribution in [2.24, 2.45) is 0 Å². The second kappa shape index (κ2) is 8.67. The summed E-state index contributed by atoms with van der Waals surface area (Å²) in [7, 11) is 0. The summed E-state index contributed by atoms with van der Waals surface area (Å²) in [6.45, 7) is 3.23. The number of benzene rings is 2. The van der Waals surface area contributed by atoms with Gasteiger partial charge in [-0.15, -0.1) is 0 Å². The summed E-state index contributed by atoms with van der Waals surface area (Å²) in [5, 5.41) is 21.5. The molecule has 0 heterocycles. The van der Waals surface area contributed by atoms with Crippen molar-refractivity contribution in [1.82, 2.24) is 4.90 Å². The summed E-state index contributed by atoms with van der Waals surface area (Å²) in [6.07, 6.45) is -0.736. The molecule has 2 aromatic rings. The van der Waals surface area contributed by atoms with E-state index >= 15 is 0 Å². The smallest absolute Gasteiger partial charge is 0.0986 e. The van der Waals surface area contributed by atoms with Crippen LogP contribution >= 0.6 is 23.2 Å². The second-order valence-corrected chi connectivity index (χ2v) is 6.22. The summed E-state index contributed by atoms with van der Waals surface area (Å²) in [6, 6.07) is 14.3. The van der Waals surface area contributed by atoms with Crippen LogP contribution in [0.5, 0.6) is 0 Å². The van der Waals surface area contributed by atoms with Gasteiger partial charge in [-0.25, -0.2) is 0 Å². The molecular weight excluding hydrogens is 333 g/mol. The average molecular weight is 354 g/mol. The highest BCUT2D eigenvalue weighted by Crippen LogP contribution is 2.34. The van der Waals surface area contributed by atoms with Crippen molar-refractivity contribution >= 4 is 23.2 Å². The van der Waals surface area contributed by atoms with E-state index < -0.39 is 6.10 Å². The Morgan fingerprint density at radius 2 is 1.39 bits per heavy atom. The zero-order valence-corrected chi connectivity index (χ0v) is 14.5. The molecule has 0 saturated heterocycles. The molecule has 2 aromatic carbocycles. The third-order valence-electron chi connectivity index (χ3n) is 3.91. The molecule has 0 aliphatic carbocycles. The van der Waals surface area contributed by atoms with E-state index in [0.29, 0.717) is 23.1 Å². The third kappa shape index (κ3) is 4.69. The average Bonchev–Trinajstić information content (AvgIpc) is 2.56. The minimum atomic E-state index is -0.736. The lowest BCUT2D eigenvalue weighted by Crippen LogP contribution is -2.35. The molecule has 23 heavy (non-hydrogen) atoms. The van der Waals surface area contributed by atoms with Crippen LogP contribution in [-0.2, 0) is 0 Å². The van der Waals surface area contributed by atoms with Crippen LogP contribution in [0.15, 0.2) is 48.5 Å². The molecule has 0 bridgehead atoms. The first-order chi connectivity index (χ1) is 11.1. The van der Waals surface area contributed by atoms with E-state index in [9.17, 15) is 10.2 Å². The molecule has 0 aliphatic heterocycles. The first kappa shape index (κ1) is 18.2. The van der Waals surface area contributed by atoms with Gasteiger partial charge in [0.2, 0.25) is 0 Å². The van der Waals surface area contributed by atoms with Crippen molar-refractivity contribution in [3.05, 3.63) is 69.7 Å². The van der Waals surface area contributed by atoms with Crippen molar-refractivity contribution in [3.8, 4) is 0 Å². The van der Waals surface area contributed by atoms with Crippen LogP contribution in [0, 0.1) is 0 Å². The molecule has 0 amide bonds. The van der Waals surface area contributed by atoms with Crippen LogP contribution in [0.4, 0.5) is 0 Å². The minimum absolute atomic E-state index is 0.0330. The van der Waals surface area contributed by atoms with Crippen molar-refractivity contribution < 1.29 is 10.2 Å². The largest absolute Gasteiger partial charge is 0.395 e. The Labute approximate surface area is 147 Å². The fraction of sp³-hybridized carbons (Fsp3) is 0.333. The van der Waals surface area contributed by atoms with Crippen LogP contribution in [0.1, 0.15) is 30.2 Å². The summed E-state index contributed by atoms with van der Waals surface area (Å²) in [5.41, 5.74) is 1.73. The normalized spacial score (nSPS) is 14.0. The lowest BCUT2D eigenvalue weighted by molar-refractivity contribution is 0.0404. The van der Waals surface area contributed by atoms with Gasteiger partial charge in [0.25, 0.3) is 0 Å². The van der Waals surface area contributed by atoms with Crippen LogP contribution in [0.3, 0.4) is 0 Å². The maximum Gasteiger partial charge on any atom is 0.0986 e. The molecule has 2 unspecified atom stereocenters. The minimum Gasteiger partial charge on any atom is -0.395 e. The van der Waals surface area contributed by atoms with Gasteiger partial charge in [-0.3, -0.25) is 4.90 Å². The predicted octanol–water partition coefficient (Wildman–Crippen LogP) is 4.08. The van der Waals surface area contributed by atoms with Gasteiger partial charge in [-0.05, 0) is 41.9 Å². The van der Waals surface area contributed by atoms with Crippen molar-refractivity contribution in [3.63, 3.8) is 0 Å². The van der Waals surface area contributed by atoms with E-state index in [2.05, 4.69) is 0 Å². The highest BCUT2D eigenvalue weighted by molar-refractivity contribution is 6.30. The summed E-state index contributed by atoms with van der Waals surface area (Å²) in [5.74, 6) is 0. The molecule has 0 aliphatic rings. The second-order valence-electron chi connectivity index (χ2n) is 5.34. The van der Waals surface area contributed by atoms with Gasteiger partial charge in [-0.1, -0.05) is 54.4 Å². The number of hydrogen-bond donors (Lipinski definition) is 2. The Kier molecular flexibility index (Phi) is 6.88. The Hall–Kier alpha value is -1.10. The van der Waals surface area contributed by atoms with Gasteiger partial charge in [0.05, 0.1) is 18.8 Å². The lowest BCUT2D eigenvalue weighted by Gasteiger charge is -2.34. The summed E-state index contributed by atoms with van der Waals surface area (Å²) in [4.78, 5) is 2.04. The van der Waals surface area contributed by atoms with E-state index in [4.69, 9.17) is 23.2 Å². The molecule has 3 nitrogen and oxygen atoms in total. The molecular formula is C18H21Cl2NO2. The number of aliphatic hydroxyl groups is 2. The summed E-state index contributed by atoms with van der Waals surface area (Å²) >= 11 is 11.9. The lowest BCUT2D eigenvalue weighted by atomic mass is 9.94. The molecule has 124 valence electrons. The fourth-order valence-corrected chi connectivity index (χ4v) is 2.97. The number of nitrogens with zero attached hydrogens (tertiary/aromatic N) is 1. The molecule has 2 atom stereocenters. The van der Waals surface area contributed by atoms with Gasteiger partial charge in [0, 0.05) is 16.6 Å². The van der Waals surface area contributed by atoms with Crippen molar-refractivity contribution in [2.45, 2.75) is 19.1 Å². The number of halogens is 2. The fourth-order valence-electron chi connectivity index (χ4n) is 2.72. The van der Waals surface area contributed by atoms with E-state index in [1.807, 2.05) is 48.2 Å². The summed E-state index contributed by atoms with van der Waals surface area (Å²) < 4.78 is 0. The molecule has 0 aromatic heterocycles. The molecule has 2 N–H and O–H groups in total. The standard InChI is InChI=1S/C18H21Cl2NO2/c1-2-21(11-12-22)17(13-3-7-15(19)8-4-13)18(23)14-5-9-16(20)10-6-14/h3-10,17-18,22-23H,2,11-12H2,1H3. The topological polar surface area (TPSA) is 43.7 Å².